The summed E-state index contributed by atoms with van der Waals surface area (Å²) < 4.78 is 11.7. The van der Waals surface area contributed by atoms with Gasteiger partial charge in [-0.2, -0.15) is 0 Å². The largest absolute Gasteiger partial charge is 0.497 e. The van der Waals surface area contributed by atoms with Gasteiger partial charge in [-0.05, 0) is 58.4 Å². The summed E-state index contributed by atoms with van der Waals surface area (Å²) >= 11 is 3.44. The lowest BCUT2D eigenvalue weighted by Crippen LogP contribution is -1.95. The fraction of sp³-hybridized carbons (Fsp3) is 0.188. The second-order valence-electron chi connectivity index (χ2n) is 4.20. The van der Waals surface area contributed by atoms with Crippen LogP contribution in [0.15, 0.2) is 46.9 Å². The van der Waals surface area contributed by atoms with E-state index in [-0.39, 0.29) is 5.78 Å². The highest BCUT2D eigenvalue weighted by atomic mass is 79.9. The molecule has 0 atom stereocenters. The Morgan fingerprint density at radius 2 is 1.75 bits per heavy atom. The van der Waals surface area contributed by atoms with Gasteiger partial charge in [0, 0.05) is 12.0 Å². The number of rotatable bonds is 5. The van der Waals surface area contributed by atoms with Gasteiger partial charge in [0.2, 0.25) is 0 Å². The Morgan fingerprint density at radius 3 is 2.30 bits per heavy atom. The molecule has 0 aliphatic carbocycles. The predicted octanol–water partition coefficient (Wildman–Crippen LogP) is 4.84. The van der Waals surface area contributed by atoms with Crippen LogP contribution in [-0.2, 0) is 0 Å². The number of ketones is 1. The molecule has 0 amide bonds. The van der Waals surface area contributed by atoms with Crippen molar-refractivity contribution >= 4 is 21.7 Å². The quantitative estimate of drug-likeness (QED) is 0.733. The molecule has 104 valence electrons. The first-order valence-corrected chi connectivity index (χ1v) is 7.08. The Labute approximate surface area is 126 Å². The van der Waals surface area contributed by atoms with Crippen LogP contribution in [0.5, 0.6) is 17.2 Å². The van der Waals surface area contributed by atoms with E-state index in [1.54, 1.807) is 31.4 Å². The minimum Gasteiger partial charge on any atom is -0.497 e. The third-order valence-electron chi connectivity index (χ3n) is 2.86. The van der Waals surface area contributed by atoms with E-state index in [0.29, 0.717) is 23.5 Å². The summed E-state index contributed by atoms with van der Waals surface area (Å²) in [5, 5.41) is 0. The van der Waals surface area contributed by atoms with Crippen molar-refractivity contribution in [1.82, 2.24) is 0 Å². The van der Waals surface area contributed by atoms with Crippen LogP contribution in [0.25, 0.3) is 0 Å². The lowest BCUT2D eigenvalue weighted by atomic mass is 10.1. The van der Waals surface area contributed by atoms with Gasteiger partial charge < -0.3 is 9.47 Å². The SMILES string of the molecule is CCC(=O)c1ccc(Oc2ccc(OC)cc2Br)cc1. The van der Waals surface area contributed by atoms with Crippen LogP contribution in [0.1, 0.15) is 23.7 Å². The molecule has 0 bridgehead atoms. The van der Waals surface area contributed by atoms with E-state index in [0.717, 1.165) is 10.2 Å². The minimum atomic E-state index is 0.127. The molecule has 3 nitrogen and oxygen atoms in total. The maximum Gasteiger partial charge on any atom is 0.162 e. The lowest BCUT2D eigenvalue weighted by molar-refractivity contribution is 0.0988. The molecule has 20 heavy (non-hydrogen) atoms. The van der Waals surface area contributed by atoms with Gasteiger partial charge in [0.05, 0.1) is 11.6 Å². The molecule has 0 aromatic heterocycles. The molecule has 0 N–H and O–H groups in total. The monoisotopic (exact) mass is 334 g/mol. The first kappa shape index (κ1) is 14.6. The second-order valence-corrected chi connectivity index (χ2v) is 5.05. The normalized spacial score (nSPS) is 10.2. The van der Waals surface area contributed by atoms with Gasteiger partial charge in [0.15, 0.2) is 5.78 Å². The van der Waals surface area contributed by atoms with Crippen LogP contribution < -0.4 is 9.47 Å². The number of benzene rings is 2. The van der Waals surface area contributed by atoms with E-state index in [1.165, 1.54) is 0 Å². The zero-order valence-electron chi connectivity index (χ0n) is 11.4. The maximum absolute atomic E-state index is 11.5. The van der Waals surface area contributed by atoms with E-state index in [2.05, 4.69) is 15.9 Å². The summed E-state index contributed by atoms with van der Waals surface area (Å²) in [5.74, 6) is 2.26. The fourth-order valence-corrected chi connectivity index (χ4v) is 2.17. The molecule has 0 aliphatic rings. The van der Waals surface area contributed by atoms with Crippen molar-refractivity contribution in [2.45, 2.75) is 13.3 Å². The zero-order chi connectivity index (χ0) is 14.5. The van der Waals surface area contributed by atoms with Crippen LogP contribution in [-0.4, -0.2) is 12.9 Å². The summed E-state index contributed by atoms with van der Waals surface area (Å²) in [4.78, 5) is 11.5. The maximum atomic E-state index is 11.5. The summed E-state index contributed by atoms with van der Waals surface area (Å²) in [6.07, 6.45) is 0.504. The van der Waals surface area contributed by atoms with E-state index in [1.807, 2.05) is 25.1 Å². The first-order valence-electron chi connectivity index (χ1n) is 6.28. The van der Waals surface area contributed by atoms with E-state index < -0.39 is 0 Å². The Balaban J connectivity index is 2.16. The highest BCUT2D eigenvalue weighted by molar-refractivity contribution is 9.10. The topological polar surface area (TPSA) is 35.5 Å². The highest BCUT2D eigenvalue weighted by Gasteiger charge is 2.06. The third-order valence-corrected chi connectivity index (χ3v) is 3.48. The van der Waals surface area contributed by atoms with Gasteiger partial charge in [-0.3, -0.25) is 4.79 Å². The fourth-order valence-electron chi connectivity index (χ4n) is 1.73. The van der Waals surface area contributed by atoms with Gasteiger partial charge >= 0.3 is 0 Å². The smallest absolute Gasteiger partial charge is 0.162 e. The summed E-state index contributed by atoms with van der Waals surface area (Å²) in [7, 11) is 1.62. The minimum absolute atomic E-state index is 0.127. The molecule has 0 unspecified atom stereocenters. The van der Waals surface area contributed by atoms with Crippen LogP contribution >= 0.6 is 15.9 Å². The average Bonchev–Trinajstić information content (AvgIpc) is 2.49. The van der Waals surface area contributed by atoms with Crippen LogP contribution in [0.2, 0.25) is 0 Å². The molecule has 0 fully saturated rings. The molecule has 2 aromatic carbocycles. The Bertz CT molecular complexity index is 606. The Kier molecular flexibility index (Phi) is 4.79. The predicted molar refractivity (Wildman–Crippen MR) is 81.8 cm³/mol. The molecule has 0 heterocycles. The number of carbonyl (C=O) groups is 1. The van der Waals surface area contributed by atoms with Crippen LogP contribution in [0, 0.1) is 0 Å². The number of methoxy groups -OCH3 is 1. The van der Waals surface area contributed by atoms with Crippen LogP contribution in [0.3, 0.4) is 0 Å². The molecule has 0 radical (unpaired) electrons. The van der Waals surface area contributed by atoms with Crippen molar-refractivity contribution in [2.24, 2.45) is 0 Å². The van der Waals surface area contributed by atoms with Crippen molar-refractivity contribution in [3.8, 4) is 17.2 Å². The molecular formula is C16H15BrO3. The number of halogens is 1. The number of Topliss-reactive ketones (excluding diaryl/α,β-unsaturated/α-hetero) is 1. The molecule has 0 saturated carbocycles. The molecule has 0 saturated heterocycles. The molecular weight excluding hydrogens is 320 g/mol. The molecule has 2 rings (SSSR count). The van der Waals surface area contributed by atoms with E-state index >= 15 is 0 Å². The van der Waals surface area contributed by atoms with Crippen molar-refractivity contribution in [3.63, 3.8) is 0 Å². The first-order chi connectivity index (χ1) is 9.63. The highest BCUT2D eigenvalue weighted by Crippen LogP contribution is 2.32. The van der Waals surface area contributed by atoms with E-state index in [4.69, 9.17) is 9.47 Å². The van der Waals surface area contributed by atoms with E-state index in [9.17, 15) is 4.79 Å². The number of hydrogen-bond donors (Lipinski definition) is 0. The number of ether oxygens (including phenoxy) is 2. The van der Waals surface area contributed by atoms with Gasteiger partial charge in [0.1, 0.15) is 17.2 Å². The standard InChI is InChI=1S/C16H15BrO3/c1-3-15(18)11-4-6-12(7-5-11)20-16-9-8-13(19-2)10-14(16)17/h4-10H,3H2,1-2H3. The van der Waals surface area contributed by atoms with Gasteiger partial charge in [-0.1, -0.05) is 6.92 Å². The van der Waals surface area contributed by atoms with Gasteiger partial charge in [-0.15, -0.1) is 0 Å². The van der Waals surface area contributed by atoms with Crippen molar-refractivity contribution < 1.29 is 14.3 Å². The summed E-state index contributed by atoms with van der Waals surface area (Å²) in [6, 6.07) is 12.6. The Hall–Kier alpha value is -1.81. The molecule has 2 aromatic rings. The van der Waals surface area contributed by atoms with Crippen molar-refractivity contribution in [3.05, 3.63) is 52.5 Å². The number of hydrogen-bond acceptors (Lipinski definition) is 3. The summed E-state index contributed by atoms with van der Waals surface area (Å²) in [5.41, 5.74) is 0.702. The average molecular weight is 335 g/mol. The second kappa shape index (κ2) is 6.57. The lowest BCUT2D eigenvalue weighted by Gasteiger charge is -2.09. The summed E-state index contributed by atoms with van der Waals surface area (Å²) in [6.45, 7) is 1.85. The zero-order valence-corrected chi connectivity index (χ0v) is 12.9. The number of carbonyl (C=O) groups excluding carboxylic acids is 1. The van der Waals surface area contributed by atoms with Gasteiger partial charge in [0.25, 0.3) is 0 Å². The third kappa shape index (κ3) is 3.39. The molecule has 0 spiro atoms. The van der Waals surface area contributed by atoms with Crippen molar-refractivity contribution in [1.29, 1.82) is 0 Å². The van der Waals surface area contributed by atoms with Crippen molar-refractivity contribution in [2.75, 3.05) is 7.11 Å². The molecule has 4 heteroatoms. The Morgan fingerprint density at radius 1 is 1.10 bits per heavy atom. The van der Waals surface area contributed by atoms with Crippen LogP contribution in [0.4, 0.5) is 0 Å². The molecule has 0 aliphatic heterocycles. The van der Waals surface area contributed by atoms with Gasteiger partial charge in [-0.25, -0.2) is 0 Å².